The van der Waals surface area contributed by atoms with Crippen LogP contribution in [0.3, 0.4) is 0 Å². The van der Waals surface area contributed by atoms with Gasteiger partial charge in [0.1, 0.15) is 6.04 Å². The minimum atomic E-state index is -0.572. The molecule has 3 aromatic rings. The van der Waals surface area contributed by atoms with Crippen LogP contribution < -0.4 is 5.56 Å². The molecule has 0 spiro atoms. The summed E-state index contributed by atoms with van der Waals surface area (Å²) in [4.78, 5) is 27.6. The van der Waals surface area contributed by atoms with Gasteiger partial charge in [0.2, 0.25) is 5.91 Å². The number of carbonyl (C=O) groups excluding carboxylic acids is 1. The molecule has 1 aromatic carbocycles. The normalized spacial score (nSPS) is 16.2. The van der Waals surface area contributed by atoms with E-state index in [0.29, 0.717) is 5.39 Å². The van der Waals surface area contributed by atoms with Gasteiger partial charge in [-0.15, -0.1) is 11.3 Å². The molecule has 0 radical (unpaired) electrons. The number of amides is 1. The second kappa shape index (κ2) is 5.70. The zero-order chi connectivity index (χ0) is 16.8. The largest absolute Gasteiger partial charge is 0.341 e. The Labute approximate surface area is 143 Å². The first kappa shape index (κ1) is 15.3. The van der Waals surface area contributed by atoms with Gasteiger partial charge in [-0.05, 0) is 32.8 Å². The van der Waals surface area contributed by atoms with Gasteiger partial charge in [0, 0.05) is 23.2 Å². The molecule has 1 amide bonds. The molecule has 0 bridgehead atoms. The number of aryl methyl sites for hydroxylation is 1. The average molecular weight is 341 g/mol. The summed E-state index contributed by atoms with van der Waals surface area (Å²) in [5.41, 5.74) is 0.625. The van der Waals surface area contributed by atoms with Gasteiger partial charge in [-0.1, -0.05) is 18.2 Å². The number of hydrogen-bond acceptors (Lipinski definition) is 4. The Hall–Kier alpha value is -2.21. The SMILES string of the molecule is Cc1nn(C(C)C(=O)N2CCCC2)c(=O)c2c1sc1ccccc12. The smallest absolute Gasteiger partial charge is 0.276 e. The lowest BCUT2D eigenvalue weighted by molar-refractivity contribution is -0.133. The second-order valence-electron chi connectivity index (χ2n) is 6.35. The number of rotatable bonds is 2. The van der Waals surface area contributed by atoms with Gasteiger partial charge in [-0.25, -0.2) is 4.68 Å². The van der Waals surface area contributed by atoms with Gasteiger partial charge in [0.25, 0.3) is 5.56 Å². The van der Waals surface area contributed by atoms with Crippen LogP contribution in [0.5, 0.6) is 0 Å². The first-order valence-corrected chi connectivity index (χ1v) is 9.09. The summed E-state index contributed by atoms with van der Waals surface area (Å²) < 4.78 is 3.36. The van der Waals surface area contributed by atoms with E-state index in [9.17, 15) is 9.59 Å². The van der Waals surface area contributed by atoms with Gasteiger partial charge in [-0.3, -0.25) is 9.59 Å². The molecule has 124 valence electrons. The maximum atomic E-state index is 13.1. The van der Waals surface area contributed by atoms with Crippen molar-refractivity contribution < 1.29 is 4.79 Å². The quantitative estimate of drug-likeness (QED) is 0.720. The lowest BCUT2D eigenvalue weighted by Crippen LogP contribution is -2.39. The molecule has 1 unspecified atom stereocenters. The molecule has 0 saturated carbocycles. The highest BCUT2D eigenvalue weighted by Gasteiger charge is 2.27. The van der Waals surface area contributed by atoms with Gasteiger partial charge < -0.3 is 4.90 Å². The standard InChI is InChI=1S/C18H19N3O2S/c1-11-16-15(13-7-3-4-8-14(13)24-16)18(23)21(19-11)12(2)17(22)20-9-5-6-10-20/h3-4,7-8,12H,5-6,9-10H2,1-2H3. The maximum Gasteiger partial charge on any atom is 0.276 e. The Morgan fingerprint density at radius 3 is 2.71 bits per heavy atom. The minimum Gasteiger partial charge on any atom is -0.341 e. The monoisotopic (exact) mass is 341 g/mol. The molecule has 0 N–H and O–H groups in total. The number of benzene rings is 1. The molecule has 24 heavy (non-hydrogen) atoms. The predicted octanol–water partition coefficient (Wildman–Crippen LogP) is 3.10. The third kappa shape index (κ3) is 2.24. The van der Waals surface area contributed by atoms with E-state index in [-0.39, 0.29) is 11.5 Å². The molecular weight excluding hydrogens is 322 g/mol. The average Bonchev–Trinajstić information content (AvgIpc) is 3.24. The molecule has 1 atom stereocenters. The van der Waals surface area contributed by atoms with Gasteiger partial charge in [-0.2, -0.15) is 5.10 Å². The highest BCUT2D eigenvalue weighted by atomic mass is 32.1. The Kier molecular flexibility index (Phi) is 3.64. The third-order valence-electron chi connectivity index (χ3n) is 4.75. The second-order valence-corrected chi connectivity index (χ2v) is 7.40. The fourth-order valence-corrected chi connectivity index (χ4v) is 4.58. The van der Waals surface area contributed by atoms with Crippen LogP contribution in [0.25, 0.3) is 20.2 Å². The minimum absolute atomic E-state index is 0.0135. The summed E-state index contributed by atoms with van der Waals surface area (Å²) >= 11 is 1.59. The summed E-state index contributed by atoms with van der Waals surface area (Å²) in [7, 11) is 0. The number of fused-ring (bicyclic) bond motifs is 3. The van der Waals surface area contributed by atoms with Crippen molar-refractivity contribution >= 4 is 37.4 Å². The van der Waals surface area contributed by atoms with E-state index >= 15 is 0 Å². The Balaban J connectivity index is 1.90. The van der Waals surface area contributed by atoms with E-state index in [1.165, 1.54) is 4.68 Å². The summed E-state index contributed by atoms with van der Waals surface area (Å²) in [6.07, 6.45) is 2.07. The molecule has 5 nitrogen and oxygen atoms in total. The van der Waals surface area contributed by atoms with Crippen LogP contribution in [-0.4, -0.2) is 33.7 Å². The molecule has 4 rings (SSSR count). The fraction of sp³-hybridized carbons (Fsp3) is 0.389. The first-order chi connectivity index (χ1) is 11.6. The number of aromatic nitrogens is 2. The van der Waals surface area contributed by atoms with Crippen LogP contribution in [0.1, 0.15) is 31.5 Å². The van der Waals surface area contributed by atoms with E-state index in [1.54, 1.807) is 18.3 Å². The van der Waals surface area contributed by atoms with Crippen molar-refractivity contribution in [2.24, 2.45) is 0 Å². The Bertz CT molecular complexity index is 999. The first-order valence-electron chi connectivity index (χ1n) is 8.27. The lowest BCUT2D eigenvalue weighted by atomic mass is 10.2. The molecule has 1 fully saturated rings. The Morgan fingerprint density at radius 2 is 1.96 bits per heavy atom. The number of likely N-dealkylation sites (tertiary alicyclic amines) is 1. The number of hydrogen-bond donors (Lipinski definition) is 0. The molecule has 1 aliphatic rings. The summed E-state index contributed by atoms with van der Waals surface area (Å²) in [5.74, 6) is -0.0135. The van der Waals surface area contributed by atoms with Crippen molar-refractivity contribution in [3.8, 4) is 0 Å². The lowest BCUT2D eigenvalue weighted by Gasteiger charge is -2.21. The van der Waals surface area contributed by atoms with Crippen molar-refractivity contribution in [2.75, 3.05) is 13.1 Å². The van der Waals surface area contributed by atoms with Crippen molar-refractivity contribution in [3.63, 3.8) is 0 Å². The fourth-order valence-electron chi connectivity index (χ4n) is 3.45. The predicted molar refractivity (Wildman–Crippen MR) is 96.6 cm³/mol. The van der Waals surface area contributed by atoms with Crippen LogP contribution in [0.15, 0.2) is 29.1 Å². The number of thiophene rings is 1. The van der Waals surface area contributed by atoms with Crippen LogP contribution in [0.2, 0.25) is 0 Å². The van der Waals surface area contributed by atoms with Gasteiger partial charge in [0.05, 0.1) is 15.8 Å². The van der Waals surface area contributed by atoms with Crippen molar-refractivity contribution in [1.29, 1.82) is 0 Å². The highest BCUT2D eigenvalue weighted by Crippen LogP contribution is 2.33. The summed E-state index contributed by atoms with van der Waals surface area (Å²) in [6.45, 7) is 5.23. The zero-order valence-electron chi connectivity index (χ0n) is 13.8. The maximum absolute atomic E-state index is 13.1. The molecule has 2 aromatic heterocycles. The molecule has 6 heteroatoms. The Morgan fingerprint density at radius 1 is 1.25 bits per heavy atom. The van der Waals surface area contributed by atoms with Crippen LogP contribution in [0.4, 0.5) is 0 Å². The number of carbonyl (C=O) groups is 1. The zero-order valence-corrected chi connectivity index (χ0v) is 14.6. The molecule has 3 heterocycles. The van der Waals surface area contributed by atoms with Crippen LogP contribution in [-0.2, 0) is 4.79 Å². The van der Waals surface area contributed by atoms with E-state index in [4.69, 9.17) is 0 Å². The number of nitrogens with zero attached hydrogens (tertiary/aromatic N) is 3. The molecule has 1 aliphatic heterocycles. The van der Waals surface area contributed by atoms with E-state index in [0.717, 1.165) is 46.4 Å². The van der Waals surface area contributed by atoms with Crippen molar-refractivity contribution in [3.05, 3.63) is 40.3 Å². The molecular formula is C18H19N3O2S. The summed E-state index contributed by atoms with van der Waals surface area (Å²) in [5, 5.41) is 6.09. The van der Waals surface area contributed by atoms with Crippen molar-refractivity contribution in [2.45, 2.75) is 32.7 Å². The molecule has 1 saturated heterocycles. The molecule has 0 aliphatic carbocycles. The van der Waals surface area contributed by atoms with E-state index in [2.05, 4.69) is 5.10 Å². The topological polar surface area (TPSA) is 55.2 Å². The highest BCUT2D eigenvalue weighted by molar-refractivity contribution is 7.26. The van der Waals surface area contributed by atoms with Crippen molar-refractivity contribution in [1.82, 2.24) is 14.7 Å². The van der Waals surface area contributed by atoms with Gasteiger partial charge in [0.15, 0.2) is 0 Å². The summed E-state index contributed by atoms with van der Waals surface area (Å²) in [6, 6.07) is 7.32. The van der Waals surface area contributed by atoms with E-state index in [1.807, 2.05) is 36.1 Å². The van der Waals surface area contributed by atoms with Crippen LogP contribution in [0, 0.1) is 6.92 Å². The van der Waals surface area contributed by atoms with Gasteiger partial charge >= 0.3 is 0 Å². The van der Waals surface area contributed by atoms with Crippen LogP contribution >= 0.6 is 11.3 Å². The van der Waals surface area contributed by atoms with E-state index < -0.39 is 6.04 Å². The third-order valence-corrected chi connectivity index (χ3v) is 6.03.